The molecule has 0 saturated carbocycles. The van der Waals surface area contributed by atoms with Gasteiger partial charge in [0.15, 0.2) is 5.96 Å². The van der Waals surface area contributed by atoms with Gasteiger partial charge in [0.1, 0.15) is 0 Å². The van der Waals surface area contributed by atoms with Crippen molar-refractivity contribution in [3.05, 3.63) is 89.0 Å². The van der Waals surface area contributed by atoms with E-state index in [-0.39, 0.29) is 19.0 Å². The number of carboxylic acid groups (broad SMARTS) is 1. The highest BCUT2D eigenvalue weighted by atomic mass is 16.4. The van der Waals surface area contributed by atoms with Gasteiger partial charge in [0.05, 0.1) is 12.5 Å². The molecule has 0 saturated heterocycles. The number of anilines is 1. The van der Waals surface area contributed by atoms with Crippen molar-refractivity contribution in [3.8, 4) is 11.1 Å². The first kappa shape index (κ1) is 25.4. The number of nitrogens with one attached hydrogen (secondary N) is 4. The summed E-state index contributed by atoms with van der Waals surface area (Å²) in [7, 11) is 0. The van der Waals surface area contributed by atoms with E-state index in [1.165, 1.54) is 11.6 Å². The van der Waals surface area contributed by atoms with E-state index in [1.807, 2.05) is 30.3 Å². The highest BCUT2D eigenvalue weighted by molar-refractivity contribution is 5.98. The average molecular weight is 500 g/mol. The van der Waals surface area contributed by atoms with Gasteiger partial charge in [0.2, 0.25) is 5.91 Å². The Morgan fingerprint density at radius 1 is 1.00 bits per heavy atom. The second-order valence-electron chi connectivity index (χ2n) is 9.05. The molecule has 1 aliphatic rings. The molecule has 2 unspecified atom stereocenters. The molecular weight excluding hydrogens is 470 g/mol. The molecule has 0 fully saturated rings. The summed E-state index contributed by atoms with van der Waals surface area (Å²) in [6.45, 7) is 1.49. The van der Waals surface area contributed by atoms with Crippen LogP contribution in [0.25, 0.3) is 11.1 Å². The lowest BCUT2D eigenvalue weighted by Crippen LogP contribution is -2.40. The number of rotatable bonds is 9. The van der Waals surface area contributed by atoms with E-state index in [4.69, 9.17) is 11.1 Å². The predicted molar refractivity (Wildman–Crippen MR) is 142 cm³/mol. The lowest BCUT2D eigenvalue weighted by atomic mass is 9.83. The zero-order valence-corrected chi connectivity index (χ0v) is 20.4. The normalized spacial score (nSPS) is 13.0. The summed E-state index contributed by atoms with van der Waals surface area (Å²) in [4.78, 5) is 37.0. The molecule has 9 heteroatoms. The maximum atomic E-state index is 12.6. The molecule has 2 amide bonds. The van der Waals surface area contributed by atoms with Crippen LogP contribution in [-0.4, -0.2) is 41.9 Å². The van der Waals surface area contributed by atoms with Gasteiger partial charge in [-0.3, -0.25) is 19.8 Å². The molecule has 3 aromatic carbocycles. The summed E-state index contributed by atoms with van der Waals surface area (Å²) in [5.74, 6) is -3.27. The molecule has 9 nitrogen and oxygen atoms in total. The zero-order chi connectivity index (χ0) is 26.5. The molecule has 0 heterocycles. The number of hydrogen-bond donors (Lipinski definition) is 6. The first-order chi connectivity index (χ1) is 17.7. The van der Waals surface area contributed by atoms with Crippen LogP contribution in [0, 0.1) is 11.3 Å². The van der Waals surface area contributed by atoms with Gasteiger partial charge < -0.3 is 26.8 Å². The van der Waals surface area contributed by atoms with E-state index in [2.05, 4.69) is 28.1 Å². The quantitative estimate of drug-likeness (QED) is 0.154. The molecule has 37 heavy (non-hydrogen) atoms. The van der Waals surface area contributed by atoms with Gasteiger partial charge in [-0.2, -0.15) is 0 Å². The second kappa shape index (κ2) is 10.9. The monoisotopic (exact) mass is 499 g/mol. The number of hydrogen-bond acceptors (Lipinski definition) is 4. The number of benzene rings is 3. The smallest absolute Gasteiger partial charge is 0.306 e. The standard InChI is InChI=1S/C28H29N5O4/c1-16(27(36)37)24(22-11-5-10-21-20-9-3-2-6-17(20)13-23(21)22)14-31-25(34)15-32-26(35)18-7-4-8-19(12-18)33-28(29)30/h2-12,16,24H,13-15H2,1H3,(H,31,34)(H,32,35)(H,36,37)(H4,29,30,33). The average Bonchev–Trinajstić information content (AvgIpc) is 3.26. The van der Waals surface area contributed by atoms with Crippen molar-refractivity contribution in [2.75, 3.05) is 18.4 Å². The maximum Gasteiger partial charge on any atom is 0.306 e. The molecule has 0 aliphatic heterocycles. The summed E-state index contributed by atoms with van der Waals surface area (Å²) in [5, 5.41) is 25.1. The Morgan fingerprint density at radius 3 is 2.49 bits per heavy atom. The van der Waals surface area contributed by atoms with E-state index in [0.717, 1.165) is 22.3 Å². The first-order valence-electron chi connectivity index (χ1n) is 11.9. The lowest BCUT2D eigenvalue weighted by Gasteiger charge is -2.24. The summed E-state index contributed by atoms with van der Waals surface area (Å²) in [6.07, 6.45) is 0.714. The lowest BCUT2D eigenvalue weighted by molar-refractivity contribution is -0.142. The highest BCUT2D eigenvalue weighted by Crippen LogP contribution is 2.41. The molecule has 2 atom stereocenters. The Bertz CT molecular complexity index is 1370. The minimum Gasteiger partial charge on any atom is -0.481 e. The van der Waals surface area contributed by atoms with E-state index >= 15 is 0 Å². The van der Waals surface area contributed by atoms with Crippen LogP contribution >= 0.6 is 0 Å². The predicted octanol–water partition coefficient (Wildman–Crippen LogP) is 2.91. The summed E-state index contributed by atoms with van der Waals surface area (Å²) < 4.78 is 0. The van der Waals surface area contributed by atoms with Crippen LogP contribution in [0.5, 0.6) is 0 Å². The van der Waals surface area contributed by atoms with Gasteiger partial charge in [-0.05, 0) is 52.4 Å². The summed E-state index contributed by atoms with van der Waals surface area (Å²) in [5.41, 5.74) is 11.5. The molecule has 1 aliphatic carbocycles. The van der Waals surface area contributed by atoms with Crippen LogP contribution < -0.4 is 21.7 Å². The maximum absolute atomic E-state index is 12.6. The third-order valence-electron chi connectivity index (χ3n) is 6.61. The van der Waals surface area contributed by atoms with Crippen LogP contribution in [0.2, 0.25) is 0 Å². The fourth-order valence-corrected chi connectivity index (χ4v) is 4.70. The number of carbonyl (C=O) groups is 3. The summed E-state index contributed by atoms with van der Waals surface area (Å²) in [6, 6.07) is 20.4. The van der Waals surface area contributed by atoms with Gasteiger partial charge in [0, 0.05) is 23.7 Å². The van der Waals surface area contributed by atoms with Crippen molar-refractivity contribution in [3.63, 3.8) is 0 Å². The number of guanidine groups is 1. The van der Waals surface area contributed by atoms with Crippen molar-refractivity contribution >= 4 is 29.4 Å². The van der Waals surface area contributed by atoms with Crippen LogP contribution in [-0.2, 0) is 16.0 Å². The Morgan fingerprint density at radius 2 is 1.73 bits per heavy atom. The number of carboxylic acids is 1. The van der Waals surface area contributed by atoms with Gasteiger partial charge in [-0.1, -0.05) is 55.5 Å². The Labute approximate surface area is 214 Å². The fourth-order valence-electron chi connectivity index (χ4n) is 4.70. The Kier molecular flexibility index (Phi) is 7.52. The molecule has 0 bridgehead atoms. The van der Waals surface area contributed by atoms with Crippen LogP contribution in [0.15, 0.2) is 66.7 Å². The molecule has 3 aromatic rings. The molecular formula is C28H29N5O4. The van der Waals surface area contributed by atoms with Gasteiger partial charge in [-0.25, -0.2) is 0 Å². The van der Waals surface area contributed by atoms with Crippen molar-refractivity contribution in [1.29, 1.82) is 5.41 Å². The van der Waals surface area contributed by atoms with Crippen LogP contribution in [0.4, 0.5) is 5.69 Å². The molecule has 190 valence electrons. The third kappa shape index (κ3) is 5.78. The second-order valence-corrected chi connectivity index (χ2v) is 9.05. The van der Waals surface area contributed by atoms with E-state index < -0.39 is 29.6 Å². The van der Waals surface area contributed by atoms with Gasteiger partial charge >= 0.3 is 5.97 Å². The topological polar surface area (TPSA) is 157 Å². The Hall–Kier alpha value is -4.66. The van der Waals surface area contributed by atoms with Gasteiger partial charge in [-0.15, -0.1) is 0 Å². The van der Waals surface area contributed by atoms with Crippen molar-refractivity contribution in [1.82, 2.24) is 10.6 Å². The first-order valence-corrected chi connectivity index (χ1v) is 11.9. The van der Waals surface area contributed by atoms with Crippen LogP contribution in [0.1, 0.15) is 39.9 Å². The summed E-state index contributed by atoms with van der Waals surface area (Å²) >= 11 is 0. The minimum absolute atomic E-state index is 0.118. The molecule has 7 N–H and O–H groups in total. The highest BCUT2D eigenvalue weighted by Gasteiger charge is 2.30. The number of aliphatic carboxylic acids is 1. The largest absolute Gasteiger partial charge is 0.481 e. The number of nitrogens with two attached hydrogens (primary N) is 1. The van der Waals surface area contributed by atoms with Gasteiger partial charge in [0.25, 0.3) is 5.91 Å². The van der Waals surface area contributed by atoms with Crippen molar-refractivity contribution in [2.45, 2.75) is 19.3 Å². The molecule has 0 radical (unpaired) electrons. The SMILES string of the molecule is CC(C(=O)O)C(CNC(=O)CNC(=O)c1cccc(NC(=N)N)c1)c1cccc2c1Cc1ccccc1-2. The number of fused-ring (bicyclic) bond motifs is 3. The minimum atomic E-state index is -0.945. The van der Waals surface area contributed by atoms with Crippen molar-refractivity contribution in [2.24, 2.45) is 11.7 Å². The molecule has 0 spiro atoms. The third-order valence-corrected chi connectivity index (χ3v) is 6.61. The number of carbonyl (C=O) groups excluding carboxylic acids is 2. The van der Waals surface area contributed by atoms with Crippen LogP contribution in [0.3, 0.4) is 0 Å². The van der Waals surface area contributed by atoms with E-state index in [9.17, 15) is 19.5 Å². The van der Waals surface area contributed by atoms with E-state index in [0.29, 0.717) is 17.7 Å². The zero-order valence-electron chi connectivity index (χ0n) is 20.4. The Balaban J connectivity index is 1.43. The molecule has 4 rings (SSSR count). The fraction of sp³-hybridized carbons (Fsp3) is 0.214. The molecule has 0 aromatic heterocycles. The van der Waals surface area contributed by atoms with Crippen molar-refractivity contribution < 1.29 is 19.5 Å². The number of amides is 2. The van der Waals surface area contributed by atoms with E-state index in [1.54, 1.807) is 25.1 Å².